The van der Waals surface area contributed by atoms with Gasteiger partial charge in [0.1, 0.15) is 18.0 Å². The van der Waals surface area contributed by atoms with Gasteiger partial charge in [-0.15, -0.1) is 0 Å². The van der Waals surface area contributed by atoms with E-state index in [4.69, 9.17) is 0 Å². The summed E-state index contributed by atoms with van der Waals surface area (Å²) in [5.41, 5.74) is 0. The number of alkyl halides is 2. The van der Waals surface area contributed by atoms with Crippen molar-refractivity contribution in [3.63, 3.8) is 0 Å². The molecule has 1 atom stereocenters. The van der Waals surface area contributed by atoms with Gasteiger partial charge in [0, 0.05) is 33.3 Å². The van der Waals surface area contributed by atoms with Crippen LogP contribution in [0.3, 0.4) is 0 Å². The summed E-state index contributed by atoms with van der Waals surface area (Å²) in [5, 5.41) is 2.30. The smallest absolute Gasteiger partial charge is 0.255 e. The number of nitrogens with one attached hydrogen (secondary N) is 1. The Hall–Kier alpha value is -1.99. The summed E-state index contributed by atoms with van der Waals surface area (Å²) in [4.78, 5) is 24.2. The molecule has 1 N–H and O–H groups in total. The van der Waals surface area contributed by atoms with E-state index in [9.17, 15) is 13.6 Å². The largest absolute Gasteiger partial charge is 0.363 e. The van der Waals surface area contributed by atoms with Crippen LogP contribution in [0.15, 0.2) is 12.4 Å². The third-order valence-electron chi connectivity index (χ3n) is 3.64. The van der Waals surface area contributed by atoms with Crippen LogP contribution in [0.1, 0.15) is 12.8 Å². The lowest BCUT2D eigenvalue weighted by molar-refractivity contribution is -0.125. The molecule has 0 radical (unpaired) electrons. The lowest BCUT2D eigenvalue weighted by Gasteiger charge is -2.33. The van der Waals surface area contributed by atoms with Gasteiger partial charge in [-0.25, -0.2) is 18.7 Å². The number of piperidine rings is 1. The Morgan fingerprint density at radius 2 is 2.27 bits per heavy atom. The molecule has 0 aliphatic carbocycles. The fraction of sp³-hybridized carbons (Fsp3) is 0.643. The summed E-state index contributed by atoms with van der Waals surface area (Å²) >= 11 is 0. The van der Waals surface area contributed by atoms with Gasteiger partial charge in [0.2, 0.25) is 5.91 Å². The Kier molecular flexibility index (Phi) is 5.46. The molecule has 8 heteroatoms. The zero-order valence-electron chi connectivity index (χ0n) is 12.8. The number of amides is 1. The van der Waals surface area contributed by atoms with Crippen molar-refractivity contribution in [2.24, 2.45) is 5.92 Å². The summed E-state index contributed by atoms with van der Waals surface area (Å²) in [5.74, 6) is 0.941. The Bertz CT molecular complexity index is 512. The third-order valence-corrected chi connectivity index (χ3v) is 3.64. The maximum Gasteiger partial charge on any atom is 0.255 e. The molecule has 1 fully saturated rings. The minimum absolute atomic E-state index is 0.287. The molecule has 1 aromatic rings. The van der Waals surface area contributed by atoms with E-state index in [1.54, 1.807) is 0 Å². The van der Waals surface area contributed by atoms with Crippen molar-refractivity contribution in [2.45, 2.75) is 19.3 Å². The molecule has 0 bridgehead atoms. The van der Waals surface area contributed by atoms with E-state index in [1.165, 1.54) is 6.33 Å². The minimum Gasteiger partial charge on any atom is -0.363 e. The van der Waals surface area contributed by atoms with E-state index < -0.39 is 13.0 Å². The fourth-order valence-electron chi connectivity index (χ4n) is 2.48. The first kappa shape index (κ1) is 16.4. The van der Waals surface area contributed by atoms with Crippen molar-refractivity contribution >= 4 is 17.5 Å². The van der Waals surface area contributed by atoms with Gasteiger partial charge in [-0.05, 0) is 12.8 Å². The highest BCUT2D eigenvalue weighted by Crippen LogP contribution is 2.23. The molecule has 2 rings (SSSR count). The van der Waals surface area contributed by atoms with Gasteiger partial charge < -0.3 is 15.1 Å². The van der Waals surface area contributed by atoms with Crippen LogP contribution in [0, 0.1) is 5.92 Å². The van der Waals surface area contributed by atoms with Gasteiger partial charge >= 0.3 is 0 Å². The zero-order chi connectivity index (χ0) is 16.1. The average molecular weight is 313 g/mol. The number of hydrogen-bond acceptors (Lipinski definition) is 5. The van der Waals surface area contributed by atoms with Crippen molar-refractivity contribution < 1.29 is 13.6 Å². The van der Waals surface area contributed by atoms with Crippen LogP contribution in [0.25, 0.3) is 0 Å². The summed E-state index contributed by atoms with van der Waals surface area (Å²) in [6.45, 7) is 0.690. The SMILES string of the molecule is CN(C)c1cc(N2CCCC(C(=O)NCC(F)F)C2)ncn1. The second kappa shape index (κ2) is 7.33. The molecule has 22 heavy (non-hydrogen) atoms. The molecular formula is C14H21F2N5O. The molecule has 0 spiro atoms. The van der Waals surface area contributed by atoms with Crippen LogP contribution in [0.2, 0.25) is 0 Å². The van der Waals surface area contributed by atoms with Crippen LogP contribution in [-0.4, -0.2) is 56.0 Å². The van der Waals surface area contributed by atoms with Gasteiger partial charge in [0.15, 0.2) is 0 Å². The zero-order valence-corrected chi connectivity index (χ0v) is 12.8. The highest BCUT2D eigenvalue weighted by molar-refractivity contribution is 5.79. The maximum atomic E-state index is 12.2. The number of anilines is 2. The first-order valence-electron chi connectivity index (χ1n) is 7.27. The standard InChI is InChI=1S/C14H21F2N5O/c1-20(2)12-6-13(19-9-18-12)21-5-3-4-10(8-21)14(22)17-7-11(15)16/h6,9-11H,3-5,7-8H2,1-2H3,(H,17,22). The number of hydrogen-bond donors (Lipinski definition) is 1. The lowest BCUT2D eigenvalue weighted by Crippen LogP contribution is -2.44. The third kappa shape index (κ3) is 4.25. The first-order valence-corrected chi connectivity index (χ1v) is 7.27. The Labute approximate surface area is 128 Å². The molecule has 1 aliphatic heterocycles. The summed E-state index contributed by atoms with van der Waals surface area (Å²) in [6, 6.07) is 1.86. The van der Waals surface area contributed by atoms with E-state index in [0.29, 0.717) is 13.0 Å². The summed E-state index contributed by atoms with van der Waals surface area (Å²) in [7, 11) is 3.78. The fourth-order valence-corrected chi connectivity index (χ4v) is 2.48. The number of halogens is 2. The van der Waals surface area contributed by atoms with Gasteiger partial charge in [0.25, 0.3) is 6.43 Å². The molecule has 1 saturated heterocycles. The first-order chi connectivity index (χ1) is 10.5. The molecule has 1 aromatic heterocycles. The molecule has 1 aliphatic rings. The Balaban J connectivity index is 2.01. The van der Waals surface area contributed by atoms with Crippen molar-refractivity contribution in [3.05, 3.63) is 12.4 Å². The van der Waals surface area contributed by atoms with Crippen LogP contribution in [-0.2, 0) is 4.79 Å². The van der Waals surface area contributed by atoms with Crippen LogP contribution >= 0.6 is 0 Å². The lowest BCUT2D eigenvalue weighted by atomic mass is 9.97. The second-order valence-electron chi connectivity index (χ2n) is 5.55. The number of carbonyl (C=O) groups excluding carboxylic acids is 1. The van der Waals surface area contributed by atoms with Crippen molar-refractivity contribution in [1.29, 1.82) is 0 Å². The number of carbonyl (C=O) groups is 1. The predicted molar refractivity (Wildman–Crippen MR) is 80.3 cm³/mol. The quantitative estimate of drug-likeness (QED) is 0.883. The molecular weight excluding hydrogens is 292 g/mol. The van der Waals surface area contributed by atoms with Gasteiger partial charge in [-0.2, -0.15) is 0 Å². The molecule has 2 heterocycles. The highest BCUT2D eigenvalue weighted by Gasteiger charge is 2.27. The van der Waals surface area contributed by atoms with Crippen LogP contribution in [0.5, 0.6) is 0 Å². The van der Waals surface area contributed by atoms with E-state index in [-0.39, 0.29) is 11.8 Å². The minimum atomic E-state index is -2.52. The average Bonchev–Trinajstić information content (AvgIpc) is 2.52. The summed E-state index contributed by atoms with van der Waals surface area (Å²) in [6.07, 6.45) is 0.504. The van der Waals surface area contributed by atoms with Gasteiger partial charge in [0.05, 0.1) is 12.5 Å². The normalized spacial score (nSPS) is 18.4. The predicted octanol–water partition coefficient (Wildman–Crippen LogP) is 1.14. The number of nitrogens with zero attached hydrogens (tertiary/aromatic N) is 4. The number of aromatic nitrogens is 2. The van der Waals surface area contributed by atoms with Gasteiger partial charge in [-0.1, -0.05) is 0 Å². The monoisotopic (exact) mass is 313 g/mol. The van der Waals surface area contributed by atoms with Gasteiger partial charge in [-0.3, -0.25) is 4.79 Å². The molecule has 1 amide bonds. The molecule has 1 unspecified atom stereocenters. The summed E-state index contributed by atoms with van der Waals surface area (Å²) < 4.78 is 24.4. The number of rotatable bonds is 5. The van der Waals surface area contributed by atoms with Crippen LogP contribution < -0.4 is 15.1 Å². The van der Waals surface area contributed by atoms with Crippen molar-refractivity contribution in [1.82, 2.24) is 15.3 Å². The van der Waals surface area contributed by atoms with Crippen molar-refractivity contribution in [2.75, 3.05) is 43.5 Å². The van der Waals surface area contributed by atoms with E-state index in [1.807, 2.05) is 30.0 Å². The van der Waals surface area contributed by atoms with Crippen LogP contribution in [0.4, 0.5) is 20.4 Å². The second-order valence-corrected chi connectivity index (χ2v) is 5.55. The topological polar surface area (TPSA) is 61.4 Å². The van der Waals surface area contributed by atoms with E-state index >= 15 is 0 Å². The molecule has 0 aromatic carbocycles. The van der Waals surface area contributed by atoms with E-state index in [0.717, 1.165) is 24.6 Å². The Morgan fingerprint density at radius 3 is 2.95 bits per heavy atom. The van der Waals surface area contributed by atoms with Crippen molar-refractivity contribution in [3.8, 4) is 0 Å². The molecule has 6 nitrogen and oxygen atoms in total. The molecule has 122 valence electrons. The van der Waals surface area contributed by atoms with E-state index in [2.05, 4.69) is 15.3 Å². The maximum absolute atomic E-state index is 12.2. The molecule has 0 saturated carbocycles. The Morgan fingerprint density at radius 1 is 1.50 bits per heavy atom. The highest BCUT2D eigenvalue weighted by atomic mass is 19.3.